The molecule has 0 fully saturated rings. The summed E-state index contributed by atoms with van der Waals surface area (Å²) in [5.41, 5.74) is 16.1. The van der Waals surface area contributed by atoms with Crippen molar-refractivity contribution in [3.8, 4) is 33.6 Å². The summed E-state index contributed by atoms with van der Waals surface area (Å²) in [4.78, 5) is 0. The van der Waals surface area contributed by atoms with Crippen molar-refractivity contribution < 1.29 is 13.3 Å². The van der Waals surface area contributed by atoms with Gasteiger partial charge < -0.3 is 22.4 Å². The molecule has 10 aromatic carbocycles. The maximum atomic E-state index is 7.40. The van der Waals surface area contributed by atoms with Crippen LogP contribution in [0.5, 0.6) is 0 Å². The van der Waals surface area contributed by atoms with Gasteiger partial charge in [-0.15, -0.1) is 0 Å². The van der Waals surface area contributed by atoms with Crippen LogP contribution < -0.4 is 0 Å². The molecule has 65 heavy (non-hydrogen) atoms. The molecule has 0 unspecified atom stereocenters. The van der Waals surface area contributed by atoms with Crippen molar-refractivity contribution in [2.45, 2.75) is 0 Å². The molecular weight excluding hydrogens is 797 g/mol. The summed E-state index contributed by atoms with van der Waals surface area (Å²) in [6.07, 6.45) is 0. The Morgan fingerprint density at radius 1 is 0.262 bits per heavy atom. The summed E-state index contributed by atoms with van der Waals surface area (Å²) in [7, 11) is 0. The van der Waals surface area contributed by atoms with E-state index in [-0.39, 0.29) is 0 Å². The van der Waals surface area contributed by atoms with Crippen molar-refractivity contribution >= 4 is 109 Å². The molecule has 0 aliphatic carbocycles. The van der Waals surface area contributed by atoms with E-state index in [0.717, 1.165) is 143 Å². The molecule has 0 atom stereocenters. The first-order valence-electron chi connectivity index (χ1n) is 22.1. The molecule has 15 rings (SSSR count). The molecule has 0 N–H and O–H groups in total. The van der Waals surface area contributed by atoms with Crippen molar-refractivity contribution in [3.05, 3.63) is 206 Å². The SMILES string of the molecule is c1ccc(-n2c3ccc(-c4cccc5c4oc4ccccc45)cc3c3ccc4c5ccc6c7cc(-c8cccc9c8oc8ccccc89)ccc7n(-c7ccccc7)c6c5oc4c32)cc1. The zero-order valence-electron chi connectivity index (χ0n) is 34.7. The lowest BCUT2D eigenvalue weighted by Crippen LogP contribution is -1.93. The monoisotopic (exact) mass is 830 g/mol. The third-order valence-corrected chi connectivity index (χ3v) is 13.7. The third kappa shape index (κ3) is 4.76. The maximum Gasteiger partial charge on any atom is 0.160 e. The van der Waals surface area contributed by atoms with Gasteiger partial charge >= 0.3 is 0 Å². The van der Waals surface area contributed by atoms with Crippen LogP contribution in [-0.4, -0.2) is 9.13 Å². The molecule has 0 saturated heterocycles. The third-order valence-electron chi connectivity index (χ3n) is 13.7. The van der Waals surface area contributed by atoms with E-state index in [1.807, 2.05) is 24.3 Å². The molecule has 0 amide bonds. The molecule has 302 valence electrons. The highest BCUT2D eigenvalue weighted by atomic mass is 16.3. The lowest BCUT2D eigenvalue weighted by Gasteiger charge is -2.09. The van der Waals surface area contributed by atoms with Gasteiger partial charge in [0, 0.05) is 76.4 Å². The van der Waals surface area contributed by atoms with E-state index >= 15 is 0 Å². The van der Waals surface area contributed by atoms with Crippen LogP contribution in [0.2, 0.25) is 0 Å². The van der Waals surface area contributed by atoms with Crippen molar-refractivity contribution in [2.24, 2.45) is 0 Å². The van der Waals surface area contributed by atoms with Gasteiger partial charge in [0.25, 0.3) is 0 Å². The predicted octanol–water partition coefficient (Wildman–Crippen LogP) is 16.9. The molecule has 0 spiro atoms. The minimum absolute atomic E-state index is 0.855. The lowest BCUT2D eigenvalue weighted by molar-refractivity contribution is 0.669. The van der Waals surface area contributed by atoms with E-state index in [1.54, 1.807) is 0 Å². The topological polar surface area (TPSA) is 49.3 Å². The van der Waals surface area contributed by atoms with Crippen molar-refractivity contribution in [3.63, 3.8) is 0 Å². The number of rotatable bonds is 4. The minimum Gasteiger partial charge on any atom is -0.455 e. The number of furan rings is 3. The van der Waals surface area contributed by atoms with Gasteiger partial charge in [-0.2, -0.15) is 0 Å². The zero-order valence-corrected chi connectivity index (χ0v) is 34.7. The van der Waals surface area contributed by atoms with Crippen LogP contribution in [0.25, 0.3) is 143 Å². The average molecular weight is 831 g/mol. The first kappa shape index (κ1) is 34.7. The number of hydrogen-bond acceptors (Lipinski definition) is 3. The summed E-state index contributed by atoms with van der Waals surface area (Å²) < 4.78 is 25.2. The average Bonchev–Trinajstić information content (AvgIpc) is 4.18. The van der Waals surface area contributed by atoms with Crippen LogP contribution in [0.1, 0.15) is 0 Å². The van der Waals surface area contributed by atoms with Gasteiger partial charge in [0.15, 0.2) is 11.2 Å². The highest BCUT2D eigenvalue weighted by Crippen LogP contribution is 2.47. The standard InChI is InChI=1S/C60H34N2O3/c1-3-13-37(14-4-1)61-51-31-25-35(39-19-11-21-45-41-17-7-9-23-53(41)63-57(39)45)33-49(51)43-27-29-47-48-30-28-44-50-34-36(40-20-12-22-46-42-18-8-10-24-54(42)64-58(40)46)26-32-52(50)62(38-15-5-2-6-16-38)56(44)60(48)65-59(47)55(43)61/h1-34H. The number of hydrogen-bond donors (Lipinski definition) is 0. The fourth-order valence-corrected chi connectivity index (χ4v) is 10.9. The molecule has 0 aliphatic heterocycles. The Labute approximate surface area is 370 Å². The van der Waals surface area contributed by atoms with Crippen LogP contribution in [0.4, 0.5) is 0 Å². The summed E-state index contributed by atoms with van der Waals surface area (Å²) >= 11 is 0. The number of benzene rings is 10. The molecule has 0 radical (unpaired) electrons. The lowest BCUT2D eigenvalue weighted by atomic mass is 9.99. The highest BCUT2D eigenvalue weighted by Gasteiger charge is 2.24. The van der Waals surface area contributed by atoms with E-state index < -0.39 is 0 Å². The molecular formula is C60H34N2O3. The number of para-hydroxylation sites is 6. The van der Waals surface area contributed by atoms with Crippen LogP contribution in [-0.2, 0) is 0 Å². The molecule has 0 bridgehead atoms. The van der Waals surface area contributed by atoms with E-state index in [0.29, 0.717) is 0 Å². The Balaban J connectivity index is 1.01. The van der Waals surface area contributed by atoms with Crippen LogP contribution >= 0.6 is 0 Å². The second-order valence-corrected chi connectivity index (χ2v) is 17.1. The second kappa shape index (κ2) is 12.9. The van der Waals surface area contributed by atoms with Crippen LogP contribution in [0.3, 0.4) is 0 Å². The Morgan fingerprint density at radius 3 is 1.14 bits per heavy atom. The normalized spacial score (nSPS) is 12.3. The molecule has 0 aliphatic rings. The van der Waals surface area contributed by atoms with Crippen LogP contribution in [0, 0.1) is 0 Å². The molecule has 5 nitrogen and oxygen atoms in total. The van der Waals surface area contributed by atoms with E-state index in [1.165, 1.54) is 0 Å². The number of nitrogens with zero attached hydrogens (tertiary/aromatic N) is 2. The molecule has 0 saturated carbocycles. The largest absolute Gasteiger partial charge is 0.455 e. The Morgan fingerprint density at radius 2 is 0.662 bits per heavy atom. The summed E-state index contributed by atoms with van der Waals surface area (Å²) in [6, 6.07) is 73.4. The first-order valence-corrected chi connectivity index (χ1v) is 22.1. The van der Waals surface area contributed by atoms with Gasteiger partial charge in [0.2, 0.25) is 0 Å². The van der Waals surface area contributed by atoms with Crippen molar-refractivity contribution in [1.82, 2.24) is 9.13 Å². The summed E-state index contributed by atoms with van der Waals surface area (Å²) in [6.45, 7) is 0. The molecule has 5 heteroatoms. The van der Waals surface area contributed by atoms with Crippen LogP contribution in [0.15, 0.2) is 220 Å². The van der Waals surface area contributed by atoms with E-state index in [2.05, 4.69) is 191 Å². The van der Waals surface area contributed by atoms with Gasteiger partial charge in [-0.05, 0) is 83.9 Å². The summed E-state index contributed by atoms with van der Waals surface area (Å²) in [5.74, 6) is 0. The predicted molar refractivity (Wildman–Crippen MR) is 268 cm³/mol. The molecule has 5 aromatic heterocycles. The second-order valence-electron chi connectivity index (χ2n) is 17.1. The van der Waals surface area contributed by atoms with Gasteiger partial charge in [0.1, 0.15) is 22.3 Å². The first-order chi connectivity index (χ1) is 32.2. The Hall–Kier alpha value is -8.80. The smallest absolute Gasteiger partial charge is 0.160 e. The zero-order chi connectivity index (χ0) is 42.3. The Bertz CT molecular complexity index is 4180. The van der Waals surface area contributed by atoms with Gasteiger partial charge in [-0.1, -0.05) is 133 Å². The van der Waals surface area contributed by atoms with Crippen molar-refractivity contribution in [2.75, 3.05) is 0 Å². The fraction of sp³-hybridized carbons (Fsp3) is 0. The molecule has 5 heterocycles. The minimum atomic E-state index is 0.855. The quantitative estimate of drug-likeness (QED) is 0.177. The summed E-state index contributed by atoms with van der Waals surface area (Å²) in [5, 5.41) is 11.2. The van der Waals surface area contributed by atoms with E-state index in [4.69, 9.17) is 13.3 Å². The van der Waals surface area contributed by atoms with Crippen molar-refractivity contribution in [1.29, 1.82) is 0 Å². The van der Waals surface area contributed by atoms with Gasteiger partial charge in [0.05, 0.1) is 22.1 Å². The molecule has 15 aromatic rings. The van der Waals surface area contributed by atoms with E-state index in [9.17, 15) is 0 Å². The Kier molecular flexibility index (Phi) is 6.89. The highest BCUT2D eigenvalue weighted by molar-refractivity contribution is 6.27. The van der Waals surface area contributed by atoms with Gasteiger partial charge in [-0.3, -0.25) is 0 Å². The van der Waals surface area contributed by atoms with Gasteiger partial charge in [-0.25, -0.2) is 0 Å². The number of aromatic nitrogens is 2. The maximum absolute atomic E-state index is 7.40. The fourth-order valence-electron chi connectivity index (χ4n) is 10.9. The number of fused-ring (bicyclic) bond motifs is 17.